The van der Waals surface area contributed by atoms with Gasteiger partial charge in [0.25, 0.3) is 0 Å². The van der Waals surface area contributed by atoms with Crippen LogP contribution in [0.2, 0.25) is 0 Å². The molecule has 0 bridgehead atoms. The van der Waals surface area contributed by atoms with Gasteiger partial charge in [0.05, 0.1) is 36.7 Å². The Labute approximate surface area is 181 Å². The minimum absolute atomic E-state index is 0.101. The van der Waals surface area contributed by atoms with Crippen molar-refractivity contribution in [2.45, 2.75) is 22.9 Å². The van der Waals surface area contributed by atoms with E-state index < -0.39 is 5.25 Å². The number of amides is 2. The predicted octanol–water partition coefficient (Wildman–Crippen LogP) is 4.14. The highest BCUT2D eigenvalue weighted by molar-refractivity contribution is 8.02. The summed E-state index contributed by atoms with van der Waals surface area (Å²) < 4.78 is 17.8. The maximum absolute atomic E-state index is 13.1. The first-order valence-corrected chi connectivity index (χ1v) is 11.0. The van der Waals surface area contributed by atoms with Crippen LogP contribution in [0.4, 0.5) is 5.69 Å². The molecule has 2 aromatic carbocycles. The first kappa shape index (κ1) is 20.5. The summed E-state index contributed by atoms with van der Waals surface area (Å²) in [5.74, 6) is 1.20. The molecule has 156 valence electrons. The third kappa shape index (κ3) is 3.82. The van der Waals surface area contributed by atoms with Crippen LogP contribution in [0, 0.1) is 0 Å². The van der Waals surface area contributed by atoms with E-state index >= 15 is 0 Å². The van der Waals surface area contributed by atoms with Crippen molar-refractivity contribution in [2.24, 2.45) is 0 Å². The fourth-order valence-corrected chi connectivity index (χ4v) is 5.60. The van der Waals surface area contributed by atoms with E-state index in [0.29, 0.717) is 23.8 Å². The molecular formula is C21H20N2O5S2. The zero-order valence-electron chi connectivity index (χ0n) is 16.7. The van der Waals surface area contributed by atoms with E-state index in [1.165, 1.54) is 42.2 Å². The summed E-state index contributed by atoms with van der Waals surface area (Å²) in [6.07, 6.45) is 0.101. The summed E-state index contributed by atoms with van der Waals surface area (Å²) in [7, 11) is 3.03. The average Bonchev–Trinajstić information content (AvgIpc) is 3.27. The van der Waals surface area contributed by atoms with Crippen molar-refractivity contribution in [1.29, 1.82) is 0 Å². The fraction of sp³-hybridized carbons (Fsp3) is 0.286. The van der Waals surface area contributed by atoms with Crippen LogP contribution in [0.1, 0.15) is 13.3 Å². The molecule has 30 heavy (non-hydrogen) atoms. The number of carbonyl (C=O) groups is 2. The van der Waals surface area contributed by atoms with Crippen LogP contribution in [0.25, 0.3) is 10.2 Å². The third-order valence-electron chi connectivity index (χ3n) is 4.63. The number of nitrogens with zero attached hydrogens (tertiary/aromatic N) is 2. The van der Waals surface area contributed by atoms with Crippen LogP contribution < -0.4 is 19.1 Å². The quantitative estimate of drug-likeness (QED) is 0.507. The van der Waals surface area contributed by atoms with Crippen molar-refractivity contribution in [3.8, 4) is 17.2 Å². The van der Waals surface area contributed by atoms with Crippen molar-refractivity contribution in [1.82, 2.24) is 4.98 Å². The van der Waals surface area contributed by atoms with Crippen molar-refractivity contribution >= 4 is 50.8 Å². The molecule has 2 amide bonds. The normalized spacial score (nSPS) is 16.4. The molecule has 4 rings (SSSR count). The predicted molar refractivity (Wildman–Crippen MR) is 117 cm³/mol. The molecule has 7 nitrogen and oxygen atoms in total. The lowest BCUT2D eigenvalue weighted by Gasteiger charge is -2.18. The number of methoxy groups -OCH3 is 2. The molecular weight excluding hydrogens is 424 g/mol. The molecule has 1 aromatic heterocycles. The van der Waals surface area contributed by atoms with Gasteiger partial charge in [0.2, 0.25) is 11.8 Å². The SMILES string of the molecule is CCOc1ccc2nc(SC3CC(=O)N(c4cc(OC)ccc4OC)C3=O)sc2c1. The summed E-state index contributed by atoms with van der Waals surface area (Å²) in [5, 5.41) is -0.541. The highest BCUT2D eigenvalue weighted by Crippen LogP contribution is 2.41. The van der Waals surface area contributed by atoms with Crippen LogP contribution in [-0.2, 0) is 9.59 Å². The number of thiazole rings is 1. The van der Waals surface area contributed by atoms with Crippen LogP contribution >= 0.6 is 23.1 Å². The minimum Gasteiger partial charge on any atom is -0.497 e. The summed E-state index contributed by atoms with van der Waals surface area (Å²) in [5.41, 5.74) is 1.23. The number of thioether (sulfide) groups is 1. The van der Waals surface area contributed by atoms with E-state index in [9.17, 15) is 9.59 Å². The molecule has 1 saturated heterocycles. The minimum atomic E-state index is -0.541. The summed E-state index contributed by atoms with van der Waals surface area (Å²) in [6.45, 7) is 2.53. The average molecular weight is 445 g/mol. The molecule has 1 unspecified atom stereocenters. The molecule has 1 atom stereocenters. The largest absolute Gasteiger partial charge is 0.497 e. The summed E-state index contributed by atoms with van der Waals surface area (Å²) in [4.78, 5) is 31.6. The van der Waals surface area contributed by atoms with Gasteiger partial charge >= 0.3 is 0 Å². The summed E-state index contributed by atoms with van der Waals surface area (Å²) >= 11 is 2.80. The van der Waals surface area contributed by atoms with Gasteiger partial charge in [-0.15, -0.1) is 11.3 Å². The van der Waals surface area contributed by atoms with Gasteiger partial charge in [0.1, 0.15) is 22.5 Å². The molecule has 9 heteroatoms. The highest BCUT2D eigenvalue weighted by atomic mass is 32.2. The Morgan fingerprint density at radius 3 is 2.67 bits per heavy atom. The molecule has 1 aliphatic heterocycles. The topological polar surface area (TPSA) is 78.0 Å². The maximum Gasteiger partial charge on any atom is 0.247 e. The summed E-state index contributed by atoms with van der Waals surface area (Å²) in [6, 6.07) is 10.7. The molecule has 2 heterocycles. The number of anilines is 1. The molecule has 0 N–H and O–H groups in total. The number of hydrogen-bond donors (Lipinski definition) is 0. The molecule has 1 fully saturated rings. The standard InChI is InChI=1S/C21H20N2O5S2/c1-4-28-13-5-7-14-17(10-13)29-21(22-14)30-18-11-19(24)23(20(18)25)15-9-12(26-2)6-8-16(15)27-3/h5-10,18H,4,11H2,1-3H3. The Morgan fingerprint density at radius 2 is 1.93 bits per heavy atom. The smallest absolute Gasteiger partial charge is 0.247 e. The third-order valence-corrected chi connectivity index (χ3v) is 6.92. The van der Waals surface area contributed by atoms with E-state index in [1.54, 1.807) is 18.2 Å². The molecule has 0 radical (unpaired) electrons. The van der Waals surface area contributed by atoms with E-state index in [1.807, 2.05) is 25.1 Å². The zero-order valence-corrected chi connectivity index (χ0v) is 18.3. The monoisotopic (exact) mass is 444 g/mol. The first-order chi connectivity index (χ1) is 14.5. The number of carbonyl (C=O) groups excluding carboxylic acids is 2. The lowest BCUT2D eigenvalue weighted by molar-refractivity contribution is -0.121. The molecule has 0 aliphatic carbocycles. The number of rotatable bonds is 7. The number of benzene rings is 2. The van der Waals surface area contributed by atoms with Gasteiger partial charge in [-0.2, -0.15) is 0 Å². The van der Waals surface area contributed by atoms with Gasteiger partial charge < -0.3 is 14.2 Å². The second-order valence-corrected chi connectivity index (χ2v) is 8.94. The van der Waals surface area contributed by atoms with Gasteiger partial charge in [-0.25, -0.2) is 9.88 Å². The van der Waals surface area contributed by atoms with E-state index in [-0.39, 0.29) is 18.2 Å². The number of aromatic nitrogens is 1. The van der Waals surface area contributed by atoms with Gasteiger partial charge in [0, 0.05) is 12.5 Å². The Kier molecular flexibility index (Phi) is 5.83. The van der Waals surface area contributed by atoms with E-state index in [2.05, 4.69) is 4.98 Å². The van der Waals surface area contributed by atoms with E-state index in [0.717, 1.165) is 20.3 Å². The molecule has 0 spiro atoms. The van der Waals surface area contributed by atoms with E-state index in [4.69, 9.17) is 14.2 Å². The zero-order chi connectivity index (χ0) is 21.3. The van der Waals surface area contributed by atoms with Crippen molar-refractivity contribution in [3.05, 3.63) is 36.4 Å². The fourth-order valence-electron chi connectivity index (χ4n) is 3.23. The number of fused-ring (bicyclic) bond motifs is 1. The van der Waals surface area contributed by atoms with Crippen LogP contribution in [0.15, 0.2) is 40.7 Å². The second-order valence-electron chi connectivity index (χ2n) is 6.46. The van der Waals surface area contributed by atoms with Crippen molar-refractivity contribution in [3.63, 3.8) is 0 Å². The van der Waals surface area contributed by atoms with Gasteiger partial charge in [-0.1, -0.05) is 11.8 Å². The van der Waals surface area contributed by atoms with Gasteiger partial charge in [-0.05, 0) is 37.3 Å². The lowest BCUT2D eigenvalue weighted by atomic mass is 10.2. The van der Waals surface area contributed by atoms with Gasteiger partial charge in [0.15, 0.2) is 4.34 Å². The lowest BCUT2D eigenvalue weighted by Crippen LogP contribution is -2.31. The van der Waals surface area contributed by atoms with Crippen LogP contribution in [0.3, 0.4) is 0 Å². The maximum atomic E-state index is 13.1. The Morgan fingerprint density at radius 1 is 1.13 bits per heavy atom. The Bertz CT molecular complexity index is 1110. The van der Waals surface area contributed by atoms with Crippen LogP contribution in [0.5, 0.6) is 17.2 Å². The molecule has 3 aromatic rings. The highest BCUT2D eigenvalue weighted by Gasteiger charge is 2.42. The van der Waals surface area contributed by atoms with Gasteiger partial charge in [-0.3, -0.25) is 9.59 Å². The van der Waals surface area contributed by atoms with Crippen LogP contribution in [-0.4, -0.2) is 42.9 Å². The number of imide groups is 1. The number of hydrogen-bond acceptors (Lipinski definition) is 8. The molecule has 1 aliphatic rings. The number of ether oxygens (including phenoxy) is 3. The Balaban J connectivity index is 1.58. The second kappa shape index (κ2) is 8.53. The van der Waals surface area contributed by atoms with Crippen molar-refractivity contribution < 1.29 is 23.8 Å². The Hall–Kier alpha value is -2.78. The first-order valence-electron chi connectivity index (χ1n) is 9.33. The molecule has 0 saturated carbocycles. The van der Waals surface area contributed by atoms with Crippen molar-refractivity contribution in [2.75, 3.05) is 25.7 Å².